The number of nitrogens with zero attached hydrogens (tertiary/aromatic N) is 1. The number of hydrogen-bond donors (Lipinski definition) is 1. The highest BCUT2D eigenvalue weighted by Crippen LogP contribution is 2.28. The number of hydrogen-bond acceptors (Lipinski definition) is 5. The van der Waals surface area contributed by atoms with Crippen LogP contribution in [0.5, 0.6) is 0 Å². The first kappa shape index (κ1) is 18.0. The summed E-state index contributed by atoms with van der Waals surface area (Å²) in [5.74, 6) is -0.880. The quantitative estimate of drug-likeness (QED) is 0.637. The molecule has 0 aromatic heterocycles. The van der Waals surface area contributed by atoms with Crippen molar-refractivity contribution in [3.8, 4) is 0 Å². The number of amides is 1. The lowest BCUT2D eigenvalue weighted by Crippen LogP contribution is -2.46. The molecule has 1 amide bonds. The van der Waals surface area contributed by atoms with Crippen LogP contribution in [0, 0.1) is 5.92 Å². The van der Waals surface area contributed by atoms with Gasteiger partial charge in [0.15, 0.2) is 6.04 Å². The summed E-state index contributed by atoms with van der Waals surface area (Å²) < 4.78 is 10.3. The SMILES string of the molecule is C=CCC1CN(C(=O)OCc2ccccc2)C(C(=O)OCC)C1O. The summed E-state index contributed by atoms with van der Waals surface area (Å²) in [4.78, 5) is 25.8. The van der Waals surface area contributed by atoms with Crippen molar-refractivity contribution in [2.24, 2.45) is 5.92 Å². The molecule has 0 spiro atoms. The van der Waals surface area contributed by atoms with Gasteiger partial charge in [-0.2, -0.15) is 0 Å². The minimum atomic E-state index is -1.04. The molecule has 0 radical (unpaired) electrons. The van der Waals surface area contributed by atoms with E-state index in [0.29, 0.717) is 6.42 Å². The Morgan fingerprint density at radius 3 is 2.67 bits per heavy atom. The van der Waals surface area contributed by atoms with E-state index in [9.17, 15) is 14.7 Å². The largest absolute Gasteiger partial charge is 0.464 e. The Balaban J connectivity index is 2.07. The molecule has 24 heavy (non-hydrogen) atoms. The third-order valence-corrected chi connectivity index (χ3v) is 4.01. The molecule has 130 valence electrons. The van der Waals surface area contributed by atoms with Crippen LogP contribution in [-0.2, 0) is 20.9 Å². The first-order chi connectivity index (χ1) is 11.6. The predicted molar refractivity (Wildman–Crippen MR) is 88.1 cm³/mol. The molecule has 1 fully saturated rings. The summed E-state index contributed by atoms with van der Waals surface area (Å²) >= 11 is 0. The smallest absolute Gasteiger partial charge is 0.410 e. The van der Waals surface area contributed by atoms with Gasteiger partial charge in [0.1, 0.15) is 6.61 Å². The predicted octanol–water partition coefficient (Wildman–Crippen LogP) is 2.12. The minimum Gasteiger partial charge on any atom is -0.464 e. The van der Waals surface area contributed by atoms with Crippen LogP contribution in [0.3, 0.4) is 0 Å². The van der Waals surface area contributed by atoms with Crippen LogP contribution >= 0.6 is 0 Å². The van der Waals surface area contributed by atoms with E-state index in [2.05, 4.69) is 6.58 Å². The average Bonchev–Trinajstić information content (AvgIpc) is 2.91. The van der Waals surface area contributed by atoms with E-state index in [4.69, 9.17) is 9.47 Å². The zero-order valence-electron chi connectivity index (χ0n) is 13.8. The molecular formula is C18H23NO5. The summed E-state index contributed by atoms with van der Waals surface area (Å²) in [5.41, 5.74) is 0.848. The van der Waals surface area contributed by atoms with Crippen molar-refractivity contribution in [1.29, 1.82) is 0 Å². The van der Waals surface area contributed by atoms with Crippen molar-refractivity contribution in [1.82, 2.24) is 4.90 Å². The molecule has 1 saturated heterocycles. The Labute approximate surface area is 141 Å². The van der Waals surface area contributed by atoms with Crippen molar-refractivity contribution in [3.63, 3.8) is 0 Å². The van der Waals surface area contributed by atoms with Crippen molar-refractivity contribution in [3.05, 3.63) is 48.6 Å². The number of aliphatic hydroxyl groups excluding tert-OH is 1. The molecule has 3 atom stereocenters. The number of esters is 1. The summed E-state index contributed by atoms with van der Waals surface area (Å²) in [6, 6.07) is 8.22. The number of carbonyl (C=O) groups excluding carboxylic acids is 2. The van der Waals surface area contributed by atoms with Crippen LogP contribution in [0.25, 0.3) is 0 Å². The molecule has 3 unspecified atom stereocenters. The Hall–Kier alpha value is -2.34. The third kappa shape index (κ3) is 4.14. The van der Waals surface area contributed by atoms with Crippen LogP contribution in [0.1, 0.15) is 18.9 Å². The fourth-order valence-electron chi connectivity index (χ4n) is 2.83. The Morgan fingerprint density at radius 2 is 2.04 bits per heavy atom. The fourth-order valence-corrected chi connectivity index (χ4v) is 2.83. The summed E-state index contributed by atoms with van der Waals surface area (Å²) in [5, 5.41) is 10.4. The van der Waals surface area contributed by atoms with Gasteiger partial charge in [0.05, 0.1) is 12.7 Å². The summed E-state index contributed by atoms with van der Waals surface area (Å²) in [6.45, 7) is 5.84. The van der Waals surface area contributed by atoms with Crippen LogP contribution in [0.15, 0.2) is 43.0 Å². The number of allylic oxidation sites excluding steroid dienone is 1. The van der Waals surface area contributed by atoms with Gasteiger partial charge in [-0.25, -0.2) is 9.59 Å². The molecule has 1 N–H and O–H groups in total. The maximum atomic E-state index is 12.4. The van der Waals surface area contributed by atoms with Crippen LogP contribution in [-0.4, -0.2) is 47.4 Å². The molecule has 2 rings (SSSR count). The second-order valence-electron chi connectivity index (χ2n) is 5.66. The lowest BCUT2D eigenvalue weighted by molar-refractivity contribution is -0.151. The third-order valence-electron chi connectivity index (χ3n) is 4.01. The first-order valence-corrected chi connectivity index (χ1v) is 8.01. The molecule has 6 nitrogen and oxygen atoms in total. The lowest BCUT2D eigenvalue weighted by atomic mass is 9.98. The van der Waals surface area contributed by atoms with E-state index in [1.807, 2.05) is 30.3 Å². The zero-order valence-corrected chi connectivity index (χ0v) is 13.8. The molecule has 6 heteroatoms. The lowest BCUT2D eigenvalue weighted by Gasteiger charge is -2.23. The number of carbonyl (C=O) groups is 2. The van der Waals surface area contributed by atoms with Crippen LogP contribution in [0.4, 0.5) is 4.79 Å². The van der Waals surface area contributed by atoms with Crippen molar-refractivity contribution in [2.45, 2.75) is 32.1 Å². The average molecular weight is 333 g/mol. The summed E-state index contributed by atoms with van der Waals surface area (Å²) in [7, 11) is 0. The Morgan fingerprint density at radius 1 is 1.33 bits per heavy atom. The Kier molecular flexibility index (Phi) is 6.37. The standard InChI is InChI=1S/C18H23NO5/c1-3-8-14-11-19(15(16(14)20)17(21)23-4-2)18(22)24-12-13-9-6-5-7-10-13/h3,5-7,9-10,14-16,20H,1,4,8,11-12H2,2H3. The maximum Gasteiger partial charge on any atom is 0.410 e. The van der Waals surface area contributed by atoms with Crippen molar-refractivity contribution >= 4 is 12.1 Å². The van der Waals surface area contributed by atoms with E-state index in [-0.39, 0.29) is 25.7 Å². The fraction of sp³-hybridized carbons (Fsp3) is 0.444. The van der Waals surface area contributed by atoms with Crippen molar-refractivity contribution in [2.75, 3.05) is 13.2 Å². The van der Waals surface area contributed by atoms with E-state index in [1.54, 1.807) is 13.0 Å². The van der Waals surface area contributed by atoms with Gasteiger partial charge >= 0.3 is 12.1 Å². The second kappa shape index (κ2) is 8.49. The highest BCUT2D eigenvalue weighted by atomic mass is 16.6. The van der Waals surface area contributed by atoms with Gasteiger partial charge in [-0.05, 0) is 18.9 Å². The van der Waals surface area contributed by atoms with Crippen molar-refractivity contribution < 1.29 is 24.2 Å². The molecular weight excluding hydrogens is 310 g/mol. The number of rotatable bonds is 6. The van der Waals surface area contributed by atoms with Gasteiger partial charge in [-0.15, -0.1) is 6.58 Å². The Bertz CT molecular complexity index is 574. The molecule has 0 bridgehead atoms. The minimum absolute atomic E-state index is 0.105. The first-order valence-electron chi connectivity index (χ1n) is 8.01. The van der Waals surface area contributed by atoms with E-state index < -0.39 is 24.2 Å². The van der Waals surface area contributed by atoms with Crippen LogP contribution in [0.2, 0.25) is 0 Å². The number of likely N-dealkylation sites (tertiary alicyclic amines) is 1. The topological polar surface area (TPSA) is 76.1 Å². The molecule has 0 saturated carbocycles. The second-order valence-corrected chi connectivity index (χ2v) is 5.66. The zero-order chi connectivity index (χ0) is 17.5. The van der Waals surface area contributed by atoms with Crippen LogP contribution < -0.4 is 0 Å². The summed E-state index contributed by atoms with van der Waals surface area (Å²) in [6.07, 6.45) is 0.530. The molecule has 0 aliphatic carbocycles. The van der Waals surface area contributed by atoms with Gasteiger partial charge in [0.2, 0.25) is 0 Å². The number of benzene rings is 1. The molecule has 1 aliphatic heterocycles. The number of aliphatic hydroxyl groups is 1. The van der Waals surface area contributed by atoms with E-state index in [1.165, 1.54) is 4.90 Å². The molecule has 1 heterocycles. The van der Waals surface area contributed by atoms with Gasteiger partial charge in [0.25, 0.3) is 0 Å². The van der Waals surface area contributed by atoms with Gasteiger partial charge in [-0.1, -0.05) is 36.4 Å². The van der Waals surface area contributed by atoms with E-state index in [0.717, 1.165) is 5.56 Å². The van der Waals surface area contributed by atoms with Gasteiger partial charge in [0, 0.05) is 12.5 Å². The monoisotopic (exact) mass is 333 g/mol. The highest BCUT2D eigenvalue weighted by Gasteiger charge is 2.48. The highest BCUT2D eigenvalue weighted by molar-refractivity contribution is 5.83. The number of ether oxygens (including phenoxy) is 2. The normalized spacial score (nSPS) is 22.9. The van der Waals surface area contributed by atoms with E-state index >= 15 is 0 Å². The maximum absolute atomic E-state index is 12.4. The molecule has 1 aliphatic rings. The van der Waals surface area contributed by atoms with Gasteiger partial charge in [-0.3, -0.25) is 4.90 Å². The molecule has 1 aromatic rings. The van der Waals surface area contributed by atoms with Gasteiger partial charge < -0.3 is 14.6 Å². The molecule has 1 aromatic carbocycles.